The van der Waals surface area contributed by atoms with Crippen molar-refractivity contribution in [3.63, 3.8) is 0 Å². The third kappa shape index (κ3) is 7.14. The Morgan fingerprint density at radius 3 is 2.53 bits per heavy atom. The third-order valence-electron chi connectivity index (χ3n) is 1.99. The highest BCUT2D eigenvalue weighted by atomic mass is 32.2. The minimum atomic E-state index is -0.484. The summed E-state index contributed by atoms with van der Waals surface area (Å²) in [6.45, 7) is 4.04. The molecule has 0 bridgehead atoms. The Morgan fingerprint density at radius 1 is 1.47 bits per heavy atom. The Labute approximate surface area is 101 Å². The molecule has 0 amide bonds. The summed E-state index contributed by atoms with van der Waals surface area (Å²) >= 11 is 3.40. The number of thioether (sulfide) groups is 2. The molecule has 0 saturated heterocycles. The van der Waals surface area contributed by atoms with E-state index in [1.165, 1.54) is 0 Å². The van der Waals surface area contributed by atoms with Gasteiger partial charge >= 0.3 is 12.9 Å². The van der Waals surface area contributed by atoms with E-state index in [0.717, 1.165) is 17.7 Å². The lowest BCUT2D eigenvalue weighted by Gasteiger charge is -2.15. The van der Waals surface area contributed by atoms with E-state index in [1.54, 1.807) is 23.5 Å². The highest BCUT2D eigenvalue weighted by molar-refractivity contribution is 8.15. The number of carbonyl (C=O) groups is 1. The first-order valence-electron chi connectivity index (χ1n) is 5.18. The van der Waals surface area contributed by atoms with Crippen molar-refractivity contribution >= 4 is 36.4 Å². The molecule has 1 atom stereocenters. The lowest BCUT2D eigenvalue weighted by Crippen LogP contribution is -2.38. The van der Waals surface area contributed by atoms with Gasteiger partial charge in [0.1, 0.15) is 6.04 Å². The molecule has 0 saturated carbocycles. The van der Waals surface area contributed by atoms with Gasteiger partial charge in [-0.25, -0.2) is 0 Å². The van der Waals surface area contributed by atoms with Gasteiger partial charge in [0.2, 0.25) is 0 Å². The van der Waals surface area contributed by atoms with Crippen molar-refractivity contribution in [1.82, 2.24) is 0 Å². The molecular formula is C9H20BNO2S2. The van der Waals surface area contributed by atoms with Crippen molar-refractivity contribution in [1.29, 1.82) is 0 Å². The summed E-state index contributed by atoms with van der Waals surface area (Å²) in [5.41, 5.74) is 5.71. The average Bonchev–Trinajstić information content (AvgIpc) is 2.25. The zero-order valence-corrected chi connectivity index (χ0v) is 11.3. The lowest BCUT2D eigenvalue weighted by molar-refractivity contribution is -0.135. The molecule has 15 heavy (non-hydrogen) atoms. The first kappa shape index (κ1) is 15.2. The molecule has 0 aliphatic heterocycles. The fourth-order valence-corrected chi connectivity index (χ4v) is 2.48. The van der Waals surface area contributed by atoms with Gasteiger partial charge in [-0.2, -0.15) is 11.8 Å². The summed E-state index contributed by atoms with van der Waals surface area (Å²) in [5.74, 6) is 0.372. The summed E-state index contributed by atoms with van der Waals surface area (Å²) < 4.78 is 5.26. The minimum Gasteiger partial charge on any atom is -0.535 e. The van der Waals surface area contributed by atoms with E-state index in [9.17, 15) is 4.79 Å². The number of rotatable bonds is 8. The van der Waals surface area contributed by atoms with Gasteiger partial charge < -0.3 is 10.4 Å². The summed E-state index contributed by atoms with van der Waals surface area (Å²) in [7, 11) is 0. The van der Waals surface area contributed by atoms with Gasteiger partial charge in [0.05, 0.1) is 0 Å². The molecule has 0 aliphatic rings. The van der Waals surface area contributed by atoms with Crippen molar-refractivity contribution in [3.8, 4) is 0 Å². The molecular weight excluding hydrogens is 229 g/mol. The van der Waals surface area contributed by atoms with Gasteiger partial charge in [-0.3, -0.25) is 4.79 Å². The molecule has 2 N–H and O–H groups in total. The zero-order chi connectivity index (χ0) is 11.7. The van der Waals surface area contributed by atoms with E-state index in [1.807, 2.05) is 20.1 Å². The van der Waals surface area contributed by atoms with Gasteiger partial charge in [0, 0.05) is 10.8 Å². The molecule has 0 rings (SSSR count). The average molecular weight is 249 g/mol. The Kier molecular flexibility index (Phi) is 9.55. The summed E-state index contributed by atoms with van der Waals surface area (Å²) in [6.07, 6.45) is 3.74. The predicted molar refractivity (Wildman–Crippen MR) is 71.6 cm³/mol. The van der Waals surface area contributed by atoms with Crippen LogP contribution in [-0.4, -0.2) is 36.0 Å². The third-order valence-corrected chi connectivity index (χ3v) is 4.20. The normalized spacial score (nSPS) is 12.3. The molecule has 0 fully saturated rings. The molecule has 0 spiro atoms. The molecule has 3 nitrogen and oxygen atoms in total. The van der Waals surface area contributed by atoms with Gasteiger partial charge in [-0.05, 0) is 18.9 Å². The van der Waals surface area contributed by atoms with E-state index >= 15 is 0 Å². The standard InChI is InChI=1S/C9H20BNO2S2/c1-4-10(5-2)13-9(12)8(11)6-15-7-14-3/h8H,4-7,11H2,1-3H3/t8-/m1/s1. The number of nitrogens with two attached hydrogens (primary N) is 1. The molecule has 88 valence electrons. The number of hydrogen-bond donors (Lipinski definition) is 1. The zero-order valence-electron chi connectivity index (χ0n) is 9.69. The van der Waals surface area contributed by atoms with E-state index in [4.69, 9.17) is 10.4 Å². The van der Waals surface area contributed by atoms with Crippen molar-refractivity contribution in [2.45, 2.75) is 32.5 Å². The minimum absolute atomic E-state index is 0.0223. The van der Waals surface area contributed by atoms with Crippen LogP contribution in [-0.2, 0) is 9.45 Å². The predicted octanol–water partition coefficient (Wildman–Crippen LogP) is 1.94. The topological polar surface area (TPSA) is 52.3 Å². The van der Waals surface area contributed by atoms with Crippen LogP contribution in [0.3, 0.4) is 0 Å². The molecule has 0 heterocycles. The fourth-order valence-electron chi connectivity index (χ4n) is 1.03. The van der Waals surface area contributed by atoms with Gasteiger partial charge in [0.25, 0.3) is 0 Å². The largest absolute Gasteiger partial charge is 0.535 e. The van der Waals surface area contributed by atoms with Crippen molar-refractivity contribution in [2.75, 3.05) is 17.1 Å². The Balaban J connectivity index is 3.77. The number of carbonyl (C=O) groups excluding carboxylic acids is 1. The SMILES string of the molecule is CCB(CC)OC(=O)[C@H](N)CSCSC. The van der Waals surface area contributed by atoms with Crippen LogP contribution in [0, 0.1) is 0 Å². The second kappa shape index (κ2) is 9.42. The number of hydrogen-bond acceptors (Lipinski definition) is 5. The van der Waals surface area contributed by atoms with Crippen molar-refractivity contribution in [2.24, 2.45) is 5.73 Å². The van der Waals surface area contributed by atoms with Crippen molar-refractivity contribution < 1.29 is 9.45 Å². The van der Waals surface area contributed by atoms with Gasteiger partial charge in [0.15, 0.2) is 0 Å². The Morgan fingerprint density at radius 2 is 2.07 bits per heavy atom. The van der Waals surface area contributed by atoms with Crippen LogP contribution in [0.4, 0.5) is 0 Å². The second-order valence-electron chi connectivity index (χ2n) is 3.26. The maximum atomic E-state index is 11.5. The van der Waals surface area contributed by atoms with E-state index in [2.05, 4.69) is 0 Å². The van der Waals surface area contributed by atoms with Crippen LogP contribution >= 0.6 is 23.5 Å². The first-order valence-corrected chi connectivity index (χ1v) is 7.73. The highest BCUT2D eigenvalue weighted by Gasteiger charge is 2.20. The molecule has 0 aliphatic carbocycles. The highest BCUT2D eigenvalue weighted by Crippen LogP contribution is 2.10. The summed E-state index contributed by atoms with van der Waals surface area (Å²) in [5, 5.41) is 0.964. The van der Waals surface area contributed by atoms with Crippen LogP contribution in [0.1, 0.15) is 13.8 Å². The second-order valence-corrected chi connectivity index (χ2v) is 5.52. The fraction of sp³-hybridized carbons (Fsp3) is 0.889. The van der Waals surface area contributed by atoms with E-state index in [-0.39, 0.29) is 12.9 Å². The molecule has 6 heteroatoms. The van der Waals surface area contributed by atoms with Crippen LogP contribution in [0.2, 0.25) is 12.6 Å². The van der Waals surface area contributed by atoms with Crippen LogP contribution in [0.5, 0.6) is 0 Å². The van der Waals surface area contributed by atoms with Crippen LogP contribution < -0.4 is 5.73 Å². The van der Waals surface area contributed by atoms with E-state index < -0.39 is 6.04 Å². The lowest BCUT2D eigenvalue weighted by atomic mass is 9.62. The van der Waals surface area contributed by atoms with Gasteiger partial charge in [-0.15, -0.1) is 11.8 Å². The molecule has 0 aromatic heterocycles. The summed E-state index contributed by atoms with van der Waals surface area (Å²) in [6, 6.07) is -0.484. The Hall–Kier alpha value is 0.195. The maximum Gasteiger partial charge on any atom is 0.361 e. The summed E-state index contributed by atoms with van der Waals surface area (Å²) in [4.78, 5) is 11.5. The van der Waals surface area contributed by atoms with Gasteiger partial charge in [-0.1, -0.05) is 13.8 Å². The van der Waals surface area contributed by atoms with Crippen molar-refractivity contribution in [3.05, 3.63) is 0 Å². The molecule has 0 aromatic rings. The Bertz CT molecular complexity index is 179. The molecule has 0 unspecified atom stereocenters. The first-order chi connectivity index (χ1) is 7.15. The quantitative estimate of drug-likeness (QED) is 0.405. The molecule has 0 radical (unpaired) electrons. The maximum absolute atomic E-state index is 11.5. The van der Waals surface area contributed by atoms with Crippen LogP contribution in [0.25, 0.3) is 0 Å². The molecule has 0 aromatic carbocycles. The van der Waals surface area contributed by atoms with Crippen LogP contribution in [0.15, 0.2) is 0 Å². The van der Waals surface area contributed by atoms with E-state index in [0.29, 0.717) is 5.75 Å². The monoisotopic (exact) mass is 249 g/mol. The smallest absolute Gasteiger partial charge is 0.361 e.